The van der Waals surface area contributed by atoms with Gasteiger partial charge in [0.25, 0.3) is 5.69 Å². The summed E-state index contributed by atoms with van der Waals surface area (Å²) in [5, 5.41) is 14.7. The summed E-state index contributed by atoms with van der Waals surface area (Å²) in [5.74, 6) is -1.95. The van der Waals surface area contributed by atoms with Gasteiger partial charge >= 0.3 is 0 Å². The van der Waals surface area contributed by atoms with Gasteiger partial charge in [-0.1, -0.05) is 67.3 Å². The lowest BCUT2D eigenvalue weighted by Gasteiger charge is -2.38. The van der Waals surface area contributed by atoms with Gasteiger partial charge in [0.15, 0.2) is 11.6 Å². The van der Waals surface area contributed by atoms with E-state index < -0.39 is 39.9 Å². The van der Waals surface area contributed by atoms with Crippen LogP contribution in [0.25, 0.3) is 6.08 Å². The first-order chi connectivity index (χ1) is 21.9. The molecule has 0 aromatic heterocycles. The molecule has 1 saturated heterocycles. The van der Waals surface area contributed by atoms with E-state index in [2.05, 4.69) is 11.9 Å². The summed E-state index contributed by atoms with van der Waals surface area (Å²) in [7, 11) is 0. The van der Waals surface area contributed by atoms with E-state index in [9.17, 15) is 24.5 Å². The maximum absolute atomic E-state index is 14.9. The predicted octanol–water partition coefficient (Wildman–Crippen LogP) is 6.14. The number of anilines is 1. The minimum atomic E-state index is -1.51. The van der Waals surface area contributed by atoms with E-state index >= 15 is 0 Å². The molecule has 0 saturated carbocycles. The summed E-state index contributed by atoms with van der Waals surface area (Å²) in [6, 6.07) is 25.1. The van der Waals surface area contributed by atoms with Crippen LogP contribution in [-0.2, 0) is 10.2 Å². The molecule has 4 aromatic rings. The van der Waals surface area contributed by atoms with E-state index in [1.807, 2.05) is 48.5 Å². The number of benzene rings is 4. The van der Waals surface area contributed by atoms with Gasteiger partial charge in [0.05, 0.1) is 16.9 Å². The third-order valence-electron chi connectivity index (χ3n) is 8.97. The van der Waals surface area contributed by atoms with Crippen LogP contribution in [-0.4, -0.2) is 39.9 Å². The molecule has 0 bridgehead atoms. The van der Waals surface area contributed by atoms with Crippen LogP contribution < -0.4 is 10.1 Å². The minimum absolute atomic E-state index is 0.0786. The number of nitrogens with one attached hydrogen (secondary N) is 1. The van der Waals surface area contributed by atoms with Gasteiger partial charge in [-0.05, 0) is 53.1 Å². The molecule has 45 heavy (non-hydrogen) atoms. The van der Waals surface area contributed by atoms with Crippen molar-refractivity contribution in [1.29, 1.82) is 0 Å². The molecule has 1 spiro atoms. The van der Waals surface area contributed by atoms with Crippen LogP contribution in [0.5, 0.6) is 5.75 Å². The van der Waals surface area contributed by atoms with E-state index in [-0.39, 0.29) is 23.8 Å². The Hall–Kier alpha value is -5.83. The van der Waals surface area contributed by atoms with Crippen LogP contribution in [0.1, 0.15) is 43.4 Å². The van der Waals surface area contributed by atoms with Crippen LogP contribution in [0, 0.1) is 16.0 Å². The molecule has 7 rings (SSSR count). The van der Waals surface area contributed by atoms with Crippen molar-refractivity contribution in [3.63, 3.8) is 0 Å². The zero-order valence-electron chi connectivity index (χ0n) is 24.0. The molecular formula is C36H27N3O6. The molecule has 4 aromatic carbocycles. The van der Waals surface area contributed by atoms with Crippen molar-refractivity contribution in [2.75, 3.05) is 11.9 Å². The largest absolute Gasteiger partial charge is 0.490 e. The summed E-state index contributed by atoms with van der Waals surface area (Å²) in [4.78, 5) is 57.0. The highest BCUT2D eigenvalue weighted by atomic mass is 16.6. The summed E-state index contributed by atoms with van der Waals surface area (Å²) in [6.45, 7) is 3.95. The van der Waals surface area contributed by atoms with Crippen molar-refractivity contribution in [3.05, 3.63) is 154 Å². The molecule has 1 amide bonds. The van der Waals surface area contributed by atoms with Gasteiger partial charge < -0.3 is 15.0 Å². The van der Waals surface area contributed by atoms with Crippen molar-refractivity contribution in [2.45, 2.75) is 17.5 Å². The van der Waals surface area contributed by atoms with Crippen molar-refractivity contribution >= 4 is 34.9 Å². The van der Waals surface area contributed by atoms with Crippen molar-refractivity contribution < 1.29 is 24.0 Å². The third-order valence-corrected chi connectivity index (χ3v) is 8.97. The number of nitro benzene ring substituents is 1. The second-order valence-corrected chi connectivity index (χ2v) is 11.2. The fourth-order valence-corrected chi connectivity index (χ4v) is 7.16. The van der Waals surface area contributed by atoms with Gasteiger partial charge in [0, 0.05) is 35.1 Å². The predicted molar refractivity (Wildman–Crippen MR) is 168 cm³/mol. The second kappa shape index (κ2) is 10.7. The van der Waals surface area contributed by atoms with E-state index in [1.54, 1.807) is 47.5 Å². The maximum Gasteiger partial charge on any atom is 0.270 e. The highest BCUT2D eigenvalue weighted by Crippen LogP contribution is 2.62. The molecule has 9 heteroatoms. The third kappa shape index (κ3) is 4.19. The Bertz CT molecular complexity index is 1930. The van der Waals surface area contributed by atoms with Crippen molar-refractivity contribution in [2.24, 2.45) is 5.92 Å². The van der Waals surface area contributed by atoms with Gasteiger partial charge in [-0.15, -0.1) is 0 Å². The number of nitro groups is 1. The number of hydrogen-bond donors (Lipinski definition) is 1. The number of carbonyl (C=O) groups excluding carboxylic acids is 3. The number of ketones is 2. The molecule has 3 aliphatic rings. The maximum atomic E-state index is 14.9. The summed E-state index contributed by atoms with van der Waals surface area (Å²) in [5.41, 5.74) is 1.49. The van der Waals surface area contributed by atoms with Gasteiger partial charge in [-0.2, -0.15) is 0 Å². The summed E-state index contributed by atoms with van der Waals surface area (Å²) >= 11 is 0. The minimum Gasteiger partial charge on any atom is -0.490 e. The number of hydrogen-bond acceptors (Lipinski definition) is 7. The summed E-state index contributed by atoms with van der Waals surface area (Å²) < 4.78 is 5.62. The molecule has 3 heterocycles. The number of fused-ring (bicyclic) bond motifs is 6. The van der Waals surface area contributed by atoms with Crippen LogP contribution in [0.3, 0.4) is 0 Å². The van der Waals surface area contributed by atoms with Crippen LogP contribution in [0.15, 0.2) is 116 Å². The van der Waals surface area contributed by atoms with Gasteiger partial charge in [0.2, 0.25) is 5.91 Å². The highest BCUT2D eigenvalue weighted by molar-refractivity contribution is 6.16. The number of nitrogens with zero attached hydrogens (tertiary/aromatic N) is 2. The molecule has 0 unspecified atom stereocenters. The molecule has 1 N–H and O–H groups in total. The van der Waals surface area contributed by atoms with Crippen LogP contribution in [0.2, 0.25) is 0 Å². The number of carbonyl (C=O) groups is 3. The molecule has 4 atom stereocenters. The zero-order chi connectivity index (χ0) is 31.3. The zero-order valence-corrected chi connectivity index (χ0v) is 24.0. The lowest BCUT2D eigenvalue weighted by Crippen LogP contribution is -2.49. The Morgan fingerprint density at radius 3 is 2.49 bits per heavy atom. The lowest BCUT2D eigenvalue weighted by molar-refractivity contribution is -0.384. The smallest absolute Gasteiger partial charge is 0.270 e. The highest BCUT2D eigenvalue weighted by Gasteiger charge is 2.70. The normalized spacial score (nSPS) is 22.3. The first-order valence-electron chi connectivity index (χ1n) is 14.5. The van der Waals surface area contributed by atoms with Crippen molar-refractivity contribution in [1.82, 2.24) is 4.90 Å². The number of Topliss-reactive ketones (excluding diaryl/α,β-unsaturated/α-hetero) is 2. The van der Waals surface area contributed by atoms with E-state index in [0.717, 1.165) is 11.1 Å². The van der Waals surface area contributed by atoms with E-state index in [1.165, 1.54) is 24.3 Å². The van der Waals surface area contributed by atoms with Crippen molar-refractivity contribution in [3.8, 4) is 5.75 Å². The molecule has 0 radical (unpaired) electrons. The number of ether oxygens (including phenoxy) is 1. The average Bonchev–Trinajstić information content (AvgIpc) is 3.55. The quantitative estimate of drug-likeness (QED) is 0.112. The van der Waals surface area contributed by atoms with E-state index in [4.69, 9.17) is 4.74 Å². The lowest BCUT2D eigenvalue weighted by atomic mass is 9.62. The number of amides is 1. The Morgan fingerprint density at radius 2 is 1.71 bits per heavy atom. The molecule has 222 valence electrons. The fourth-order valence-electron chi connectivity index (χ4n) is 7.16. The van der Waals surface area contributed by atoms with E-state index in [0.29, 0.717) is 22.6 Å². The monoisotopic (exact) mass is 597 g/mol. The van der Waals surface area contributed by atoms with Gasteiger partial charge in [-0.3, -0.25) is 24.5 Å². The molecule has 9 nitrogen and oxygen atoms in total. The average molecular weight is 598 g/mol. The second-order valence-electron chi connectivity index (χ2n) is 11.2. The Morgan fingerprint density at radius 1 is 0.956 bits per heavy atom. The summed E-state index contributed by atoms with van der Waals surface area (Å²) in [6.07, 6.45) is 5.25. The van der Waals surface area contributed by atoms with Crippen LogP contribution >= 0.6 is 0 Å². The fraction of sp³-hybridized carbons (Fsp3) is 0.139. The standard InChI is InChI=1S/C36H27N3O6/c1-2-20-45-26-16-14-23(15-17-26)32(40)30-31(33(41)24-9-7-10-25(21-24)39(43)44)38-19-18-22-8-3-4-11-27(22)34(38)36(30)28-12-5-6-13-29(28)37-35(36)42/h2-19,21,30-31,34H,1,20H2,(H,37,42)/t30-,31+,34+,36-/m0/s1. The van der Waals surface area contributed by atoms with Gasteiger partial charge in [0.1, 0.15) is 23.8 Å². The van der Waals surface area contributed by atoms with Crippen LogP contribution in [0.4, 0.5) is 11.4 Å². The number of para-hydroxylation sites is 1. The molecular weight excluding hydrogens is 570 g/mol. The number of rotatable bonds is 8. The Labute approximate surface area is 258 Å². The topological polar surface area (TPSA) is 119 Å². The first kappa shape index (κ1) is 28.0. The SMILES string of the molecule is C=CCOc1ccc(C(=O)[C@@H]2[C@H](C(=O)c3cccc([N+](=O)[O-])c3)N3C=Cc4ccccc4[C@@H]3[C@@]23C(=O)Nc2ccccc23)cc1. The molecule has 3 aliphatic heterocycles. The number of non-ortho nitro benzene ring substituents is 1. The molecule has 1 fully saturated rings. The molecule has 0 aliphatic carbocycles. The first-order valence-corrected chi connectivity index (χ1v) is 14.5. The van der Waals surface area contributed by atoms with Gasteiger partial charge in [-0.25, -0.2) is 0 Å². The Kier molecular flexibility index (Phi) is 6.66. The Balaban J connectivity index is 1.48.